The van der Waals surface area contributed by atoms with E-state index in [4.69, 9.17) is 18.6 Å². The van der Waals surface area contributed by atoms with Crippen LogP contribution >= 0.6 is 0 Å². The summed E-state index contributed by atoms with van der Waals surface area (Å²) in [5, 5.41) is 3.64. The molecule has 1 aliphatic carbocycles. The van der Waals surface area contributed by atoms with Gasteiger partial charge in [-0.15, -0.1) is 0 Å². The van der Waals surface area contributed by atoms with Crippen molar-refractivity contribution in [1.82, 2.24) is 5.32 Å². The quantitative estimate of drug-likeness (QED) is 0.897. The number of ether oxygens (including phenoxy) is 3. The normalized spacial score (nSPS) is 24.2. The zero-order chi connectivity index (χ0) is 13.8. The Bertz CT molecular complexity index is 390. The highest BCUT2D eigenvalue weighted by Gasteiger charge is 2.40. The Hall–Kier alpha value is -0.880. The number of rotatable bonds is 5. The minimum absolute atomic E-state index is 0.111. The van der Waals surface area contributed by atoms with Gasteiger partial charge in [0.05, 0.1) is 32.1 Å². The summed E-state index contributed by atoms with van der Waals surface area (Å²) in [7, 11) is 1.72. The van der Waals surface area contributed by atoms with Crippen molar-refractivity contribution in [2.45, 2.75) is 43.6 Å². The van der Waals surface area contributed by atoms with Crippen molar-refractivity contribution < 1.29 is 18.6 Å². The molecule has 1 saturated heterocycles. The molecule has 1 atom stereocenters. The molecule has 0 aromatic carbocycles. The average molecular weight is 281 g/mol. The third-order valence-electron chi connectivity index (χ3n) is 4.22. The summed E-state index contributed by atoms with van der Waals surface area (Å²) in [5.41, 5.74) is 0. The van der Waals surface area contributed by atoms with Gasteiger partial charge in [0, 0.05) is 26.0 Å². The lowest BCUT2D eigenvalue weighted by atomic mass is 9.89. The van der Waals surface area contributed by atoms with Crippen molar-refractivity contribution in [2.75, 3.05) is 26.9 Å². The third-order valence-corrected chi connectivity index (χ3v) is 4.22. The smallest absolute Gasteiger partial charge is 0.168 e. The molecule has 5 heteroatoms. The second-order valence-corrected chi connectivity index (χ2v) is 5.57. The molecule has 20 heavy (non-hydrogen) atoms. The fraction of sp³-hybridized carbons (Fsp3) is 0.733. The van der Waals surface area contributed by atoms with Crippen LogP contribution in [0.3, 0.4) is 0 Å². The monoisotopic (exact) mass is 281 g/mol. The summed E-state index contributed by atoms with van der Waals surface area (Å²) in [6.07, 6.45) is 5.74. The van der Waals surface area contributed by atoms with Gasteiger partial charge in [-0.2, -0.15) is 0 Å². The summed E-state index contributed by atoms with van der Waals surface area (Å²) in [6.45, 7) is 2.08. The number of nitrogens with one attached hydrogen (secondary N) is 1. The Morgan fingerprint density at radius 3 is 2.70 bits per heavy atom. The SMILES string of the molecule is COCC(NC1CCC2(CC1)OCCO2)c1ccco1. The third kappa shape index (κ3) is 3.06. The molecule has 3 rings (SSSR count). The standard InChI is InChI=1S/C15H23NO4/c1-17-11-13(14-3-2-8-18-14)16-12-4-6-15(7-5-12)19-9-10-20-15/h2-3,8,12-13,16H,4-7,9-11H2,1H3. The molecular formula is C15H23NO4. The van der Waals surface area contributed by atoms with Gasteiger partial charge in [0.25, 0.3) is 0 Å². The van der Waals surface area contributed by atoms with Crippen molar-refractivity contribution in [3.8, 4) is 0 Å². The second-order valence-electron chi connectivity index (χ2n) is 5.57. The lowest BCUT2D eigenvalue weighted by Gasteiger charge is -2.36. The molecule has 0 radical (unpaired) electrons. The van der Waals surface area contributed by atoms with E-state index in [1.54, 1.807) is 13.4 Å². The minimum Gasteiger partial charge on any atom is -0.468 e. The lowest BCUT2D eigenvalue weighted by Crippen LogP contribution is -2.43. The van der Waals surface area contributed by atoms with Gasteiger partial charge in [-0.3, -0.25) is 0 Å². The van der Waals surface area contributed by atoms with Crippen LogP contribution in [0.1, 0.15) is 37.5 Å². The Balaban J connectivity index is 1.54. The summed E-state index contributed by atoms with van der Waals surface area (Å²) in [6, 6.07) is 4.47. The maximum atomic E-state index is 5.76. The molecule has 1 saturated carbocycles. The van der Waals surface area contributed by atoms with E-state index in [1.807, 2.05) is 12.1 Å². The summed E-state index contributed by atoms with van der Waals surface area (Å²) in [5.74, 6) is 0.639. The highest BCUT2D eigenvalue weighted by atomic mass is 16.7. The Kier molecular flexibility index (Phi) is 4.41. The molecule has 2 aliphatic rings. The topological polar surface area (TPSA) is 52.9 Å². The predicted octanol–water partition coefficient (Wildman–Crippen LogP) is 2.24. The first-order valence-electron chi connectivity index (χ1n) is 7.38. The molecule has 0 bridgehead atoms. The van der Waals surface area contributed by atoms with Crippen LogP contribution in [0.4, 0.5) is 0 Å². The Labute approximate surface area is 119 Å². The van der Waals surface area contributed by atoms with Gasteiger partial charge in [-0.25, -0.2) is 0 Å². The number of methoxy groups -OCH3 is 1. The van der Waals surface area contributed by atoms with Gasteiger partial charge in [0.15, 0.2) is 5.79 Å². The molecule has 1 unspecified atom stereocenters. The molecule has 1 aromatic heterocycles. The van der Waals surface area contributed by atoms with Crippen molar-refractivity contribution in [3.05, 3.63) is 24.2 Å². The van der Waals surface area contributed by atoms with Gasteiger partial charge in [0.1, 0.15) is 5.76 Å². The maximum absolute atomic E-state index is 5.76. The van der Waals surface area contributed by atoms with Crippen LogP contribution in [0.5, 0.6) is 0 Å². The van der Waals surface area contributed by atoms with Crippen molar-refractivity contribution in [3.63, 3.8) is 0 Å². The van der Waals surface area contributed by atoms with E-state index in [0.29, 0.717) is 12.6 Å². The molecule has 1 N–H and O–H groups in total. The molecule has 2 heterocycles. The van der Waals surface area contributed by atoms with E-state index in [2.05, 4.69) is 5.32 Å². The van der Waals surface area contributed by atoms with Crippen molar-refractivity contribution >= 4 is 0 Å². The van der Waals surface area contributed by atoms with E-state index in [1.165, 1.54) is 0 Å². The van der Waals surface area contributed by atoms with Gasteiger partial charge >= 0.3 is 0 Å². The number of hydrogen-bond donors (Lipinski definition) is 1. The first-order valence-corrected chi connectivity index (χ1v) is 7.38. The summed E-state index contributed by atoms with van der Waals surface area (Å²) < 4.78 is 22.3. The van der Waals surface area contributed by atoms with Crippen LogP contribution in [-0.4, -0.2) is 38.8 Å². The van der Waals surface area contributed by atoms with E-state index >= 15 is 0 Å². The minimum atomic E-state index is -0.292. The lowest BCUT2D eigenvalue weighted by molar-refractivity contribution is -0.180. The van der Waals surface area contributed by atoms with Crippen LogP contribution in [0, 0.1) is 0 Å². The fourth-order valence-corrected chi connectivity index (χ4v) is 3.16. The Morgan fingerprint density at radius 1 is 1.35 bits per heavy atom. The van der Waals surface area contributed by atoms with Crippen molar-refractivity contribution in [2.24, 2.45) is 0 Å². The van der Waals surface area contributed by atoms with E-state index in [0.717, 1.165) is 44.7 Å². The molecule has 5 nitrogen and oxygen atoms in total. The average Bonchev–Trinajstić information content (AvgIpc) is 3.13. The van der Waals surface area contributed by atoms with E-state index < -0.39 is 0 Å². The van der Waals surface area contributed by atoms with Gasteiger partial charge in [-0.05, 0) is 25.0 Å². The van der Waals surface area contributed by atoms with E-state index in [9.17, 15) is 0 Å². The molecule has 2 fully saturated rings. The number of hydrogen-bond acceptors (Lipinski definition) is 5. The van der Waals surface area contributed by atoms with Gasteiger partial charge in [0.2, 0.25) is 0 Å². The first-order chi connectivity index (χ1) is 9.81. The molecule has 1 spiro atoms. The molecule has 1 aliphatic heterocycles. The summed E-state index contributed by atoms with van der Waals surface area (Å²) >= 11 is 0. The van der Waals surface area contributed by atoms with E-state index in [-0.39, 0.29) is 11.8 Å². The zero-order valence-electron chi connectivity index (χ0n) is 12.0. The van der Waals surface area contributed by atoms with Crippen LogP contribution in [0.2, 0.25) is 0 Å². The second kappa shape index (κ2) is 6.26. The molecule has 112 valence electrons. The first kappa shape index (κ1) is 14.1. The Morgan fingerprint density at radius 2 is 2.10 bits per heavy atom. The zero-order valence-corrected chi connectivity index (χ0v) is 12.0. The highest BCUT2D eigenvalue weighted by molar-refractivity contribution is 5.05. The largest absolute Gasteiger partial charge is 0.468 e. The fourth-order valence-electron chi connectivity index (χ4n) is 3.16. The summed E-state index contributed by atoms with van der Waals surface area (Å²) in [4.78, 5) is 0. The molecular weight excluding hydrogens is 258 g/mol. The van der Waals surface area contributed by atoms with Crippen LogP contribution in [0.15, 0.2) is 22.8 Å². The molecule has 1 aromatic rings. The van der Waals surface area contributed by atoms with Gasteiger partial charge in [-0.1, -0.05) is 0 Å². The van der Waals surface area contributed by atoms with Crippen LogP contribution in [0.25, 0.3) is 0 Å². The highest BCUT2D eigenvalue weighted by Crippen LogP contribution is 2.36. The predicted molar refractivity (Wildman–Crippen MR) is 73.4 cm³/mol. The van der Waals surface area contributed by atoms with Crippen LogP contribution < -0.4 is 5.32 Å². The maximum Gasteiger partial charge on any atom is 0.168 e. The van der Waals surface area contributed by atoms with Crippen molar-refractivity contribution in [1.29, 1.82) is 0 Å². The van der Waals surface area contributed by atoms with Crippen LogP contribution in [-0.2, 0) is 14.2 Å². The number of furan rings is 1. The molecule has 0 amide bonds. The van der Waals surface area contributed by atoms with Gasteiger partial charge < -0.3 is 23.9 Å².